The number of aryl methyl sites for hydroxylation is 1. The minimum absolute atomic E-state index is 0.0296. The van der Waals surface area contributed by atoms with E-state index in [0.717, 1.165) is 27.2 Å². The number of rotatable bonds is 8. The molecule has 2 N–H and O–H groups in total. The zero-order valence-electron chi connectivity index (χ0n) is 20.9. The predicted molar refractivity (Wildman–Crippen MR) is 138 cm³/mol. The van der Waals surface area contributed by atoms with E-state index in [1.807, 2.05) is 36.2 Å². The van der Waals surface area contributed by atoms with Gasteiger partial charge in [0.2, 0.25) is 0 Å². The lowest BCUT2D eigenvalue weighted by Gasteiger charge is -2.18. The molecule has 2 heterocycles. The molecule has 0 aliphatic heterocycles. The number of benzene rings is 2. The summed E-state index contributed by atoms with van der Waals surface area (Å²) in [5, 5.41) is 9.63. The number of aromatic amines is 1. The predicted octanol–water partition coefficient (Wildman–Crippen LogP) is 4.81. The highest BCUT2D eigenvalue weighted by molar-refractivity contribution is 7.22. The van der Waals surface area contributed by atoms with Crippen molar-refractivity contribution in [3.8, 4) is 27.7 Å². The van der Waals surface area contributed by atoms with E-state index in [1.165, 1.54) is 7.11 Å². The van der Waals surface area contributed by atoms with Gasteiger partial charge >= 0.3 is 11.9 Å². The molecule has 0 radical (unpaired) electrons. The summed E-state index contributed by atoms with van der Waals surface area (Å²) in [6.45, 7) is 2.47. The van der Waals surface area contributed by atoms with Crippen LogP contribution in [-0.2, 0) is 6.54 Å². The molecule has 38 heavy (non-hydrogen) atoms. The molecule has 2 aromatic heterocycles. The number of ether oxygens (including phenoxy) is 3. The number of H-pyrrole nitrogens is 1. The van der Waals surface area contributed by atoms with E-state index in [9.17, 15) is 27.9 Å². The van der Waals surface area contributed by atoms with Gasteiger partial charge in [-0.3, -0.25) is 14.3 Å². The van der Waals surface area contributed by atoms with Crippen LogP contribution < -0.4 is 25.5 Å². The third kappa shape index (κ3) is 5.27. The number of hydrogen-bond acceptors (Lipinski definition) is 7. The van der Waals surface area contributed by atoms with E-state index in [-0.39, 0.29) is 16.3 Å². The van der Waals surface area contributed by atoms with Crippen LogP contribution in [0.3, 0.4) is 0 Å². The standard InChI is InChI=1S/C26H25F3N2O6S/c1-13-21-23(33)30-25(34)31(12-20(32)26(27,28)29)24(21)38-22(13)16-7-10-18(19(11-16)36-4)37-14(2)15-5-8-17(35-3)9-6-15/h5-11,14,20,32H,12H2,1-4H3,(H,30,33,34)/t14?,20-/m1/s1. The van der Waals surface area contributed by atoms with Gasteiger partial charge in [0.05, 0.1) is 26.2 Å². The first-order valence-corrected chi connectivity index (χ1v) is 12.3. The highest BCUT2D eigenvalue weighted by Crippen LogP contribution is 2.41. The fraction of sp³-hybridized carbons (Fsp3) is 0.308. The molecular formula is C26H25F3N2O6S. The second kappa shape index (κ2) is 10.5. The highest BCUT2D eigenvalue weighted by atomic mass is 32.1. The molecule has 4 rings (SSSR count). The molecule has 12 heteroatoms. The SMILES string of the molecule is COc1ccc(C(C)Oc2ccc(-c3sc4c(c3C)c(=O)[nH]c(=O)n4C[C@@H](O)C(F)(F)F)cc2OC)cc1. The Labute approximate surface area is 218 Å². The Morgan fingerprint density at radius 3 is 2.34 bits per heavy atom. The quantitative estimate of drug-likeness (QED) is 0.327. The maximum Gasteiger partial charge on any atom is 0.416 e. The Morgan fingerprint density at radius 1 is 1.05 bits per heavy atom. The monoisotopic (exact) mass is 550 g/mol. The number of nitrogens with one attached hydrogen (secondary N) is 1. The van der Waals surface area contributed by atoms with Crippen LogP contribution in [0.15, 0.2) is 52.1 Å². The van der Waals surface area contributed by atoms with Crippen LogP contribution in [0.2, 0.25) is 0 Å². The van der Waals surface area contributed by atoms with Crippen LogP contribution in [0.25, 0.3) is 20.7 Å². The van der Waals surface area contributed by atoms with E-state index in [2.05, 4.69) is 0 Å². The number of aromatic nitrogens is 2. The fourth-order valence-electron chi connectivity index (χ4n) is 4.03. The van der Waals surface area contributed by atoms with Crippen molar-refractivity contribution in [3.05, 3.63) is 74.4 Å². The first-order valence-electron chi connectivity index (χ1n) is 11.4. The molecule has 202 valence electrons. The molecule has 0 aliphatic rings. The van der Waals surface area contributed by atoms with Gasteiger partial charge in [-0.1, -0.05) is 12.1 Å². The number of aliphatic hydroxyl groups excluding tert-OH is 1. The van der Waals surface area contributed by atoms with Gasteiger partial charge in [-0.2, -0.15) is 13.2 Å². The van der Waals surface area contributed by atoms with Crippen molar-refractivity contribution in [2.75, 3.05) is 14.2 Å². The molecule has 0 aliphatic carbocycles. The summed E-state index contributed by atoms with van der Waals surface area (Å²) in [7, 11) is 3.06. The van der Waals surface area contributed by atoms with Crippen molar-refractivity contribution in [1.82, 2.24) is 9.55 Å². The van der Waals surface area contributed by atoms with Gasteiger partial charge in [-0.05, 0) is 60.9 Å². The number of methoxy groups -OCH3 is 2. The maximum absolute atomic E-state index is 13.0. The van der Waals surface area contributed by atoms with Gasteiger partial charge in [0.1, 0.15) is 16.7 Å². The van der Waals surface area contributed by atoms with Crippen LogP contribution in [0, 0.1) is 6.92 Å². The molecule has 0 fully saturated rings. The molecule has 4 aromatic rings. The summed E-state index contributed by atoms with van der Waals surface area (Å²) in [5.74, 6) is 1.58. The molecule has 8 nitrogen and oxygen atoms in total. The Kier molecular flexibility index (Phi) is 7.56. The zero-order chi connectivity index (χ0) is 27.8. The second-order valence-electron chi connectivity index (χ2n) is 8.56. The van der Waals surface area contributed by atoms with Crippen LogP contribution in [0.4, 0.5) is 13.2 Å². The Morgan fingerprint density at radius 2 is 1.74 bits per heavy atom. The summed E-state index contributed by atoms with van der Waals surface area (Å²) < 4.78 is 56.5. The van der Waals surface area contributed by atoms with Crippen LogP contribution in [0.5, 0.6) is 17.2 Å². The molecule has 0 saturated carbocycles. The zero-order valence-corrected chi connectivity index (χ0v) is 21.7. The van der Waals surface area contributed by atoms with Gasteiger partial charge in [0.25, 0.3) is 5.56 Å². The number of hydrogen-bond donors (Lipinski definition) is 2. The number of aliphatic hydroxyl groups is 1. The maximum atomic E-state index is 13.0. The lowest BCUT2D eigenvalue weighted by molar-refractivity contribution is -0.207. The third-order valence-electron chi connectivity index (χ3n) is 6.11. The summed E-state index contributed by atoms with van der Waals surface area (Å²) in [6, 6.07) is 12.5. The summed E-state index contributed by atoms with van der Waals surface area (Å²) in [4.78, 5) is 27.6. The molecule has 0 bridgehead atoms. The first kappa shape index (κ1) is 27.3. The topological polar surface area (TPSA) is 103 Å². The smallest absolute Gasteiger partial charge is 0.416 e. The average molecular weight is 551 g/mol. The Hall–Kier alpha value is -3.77. The number of fused-ring (bicyclic) bond motifs is 1. The lowest BCUT2D eigenvalue weighted by atomic mass is 10.1. The Balaban J connectivity index is 1.72. The largest absolute Gasteiger partial charge is 0.497 e. The number of halogens is 3. The van der Waals surface area contributed by atoms with Gasteiger partial charge in [0.15, 0.2) is 17.6 Å². The van der Waals surface area contributed by atoms with Crippen molar-refractivity contribution in [1.29, 1.82) is 0 Å². The van der Waals surface area contributed by atoms with Crippen molar-refractivity contribution in [3.63, 3.8) is 0 Å². The summed E-state index contributed by atoms with van der Waals surface area (Å²) >= 11 is 0.980. The van der Waals surface area contributed by atoms with E-state index in [4.69, 9.17) is 14.2 Å². The van der Waals surface area contributed by atoms with E-state index < -0.39 is 30.1 Å². The molecule has 2 atom stereocenters. The van der Waals surface area contributed by atoms with Gasteiger partial charge in [-0.15, -0.1) is 11.3 Å². The van der Waals surface area contributed by atoms with Crippen LogP contribution >= 0.6 is 11.3 Å². The second-order valence-corrected chi connectivity index (χ2v) is 9.56. The molecule has 0 saturated heterocycles. The number of thiophene rings is 1. The highest BCUT2D eigenvalue weighted by Gasteiger charge is 2.39. The average Bonchev–Trinajstić information content (AvgIpc) is 3.23. The normalized spacial score (nSPS) is 13.4. The van der Waals surface area contributed by atoms with E-state index in [0.29, 0.717) is 27.5 Å². The third-order valence-corrected chi connectivity index (χ3v) is 7.48. The molecule has 2 aromatic carbocycles. The fourth-order valence-corrected chi connectivity index (χ4v) is 5.34. The minimum Gasteiger partial charge on any atom is -0.497 e. The lowest BCUT2D eigenvalue weighted by Crippen LogP contribution is -2.38. The number of alkyl halides is 3. The van der Waals surface area contributed by atoms with Crippen molar-refractivity contribution >= 4 is 21.6 Å². The van der Waals surface area contributed by atoms with Crippen molar-refractivity contribution < 1.29 is 32.5 Å². The van der Waals surface area contributed by atoms with Crippen molar-refractivity contribution in [2.45, 2.75) is 38.8 Å². The van der Waals surface area contributed by atoms with E-state index >= 15 is 0 Å². The first-order chi connectivity index (χ1) is 17.9. The molecular weight excluding hydrogens is 525 g/mol. The minimum atomic E-state index is -4.93. The van der Waals surface area contributed by atoms with E-state index in [1.54, 1.807) is 32.2 Å². The Bertz CT molecular complexity index is 1570. The summed E-state index contributed by atoms with van der Waals surface area (Å²) in [6.07, 6.45) is -8.02. The van der Waals surface area contributed by atoms with Gasteiger partial charge < -0.3 is 19.3 Å². The van der Waals surface area contributed by atoms with Crippen molar-refractivity contribution in [2.24, 2.45) is 0 Å². The molecule has 1 unspecified atom stereocenters. The molecule has 0 amide bonds. The van der Waals surface area contributed by atoms with Gasteiger partial charge in [-0.25, -0.2) is 4.79 Å². The van der Waals surface area contributed by atoms with Crippen LogP contribution in [0.1, 0.15) is 24.2 Å². The number of nitrogens with zero attached hydrogens (tertiary/aromatic N) is 1. The molecule has 0 spiro atoms. The van der Waals surface area contributed by atoms with Crippen LogP contribution in [-0.4, -0.2) is 41.2 Å². The summed E-state index contributed by atoms with van der Waals surface area (Å²) in [5.41, 5.74) is 0.245. The van der Waals surface area contributed by atoms with Gasteiger partial charge in [0, 0.05) is 4.88 Å².